The lowest BCUT2D eigenvalue weighted by Gasteiger charge is -2.24. The van der Waals surface area contributed by atoms with E-state index in [-0.39, 0.29) is 0 Å². The van der Waals surface area contributed by atoms with Crippen LogP contribution in [0.25, 0.3) is 0 Å². The van der Waals surface area contributed by atoms with E-state index in [0.717, 1.165) is 31.0 Å². The summed E-state index contributed by atoms with van der Waals surface area (Å²) < 4.78 is 5.48. The normalized spacial score (nSPS) is 12.5. The van der Waals surface area contributed by atoms with Crippen LogP contribution < -0.4 is 10.1 Å². The number of hydrogen-bond acceptors (Lipinski definition) is 5. The number of hydrogen-bond donors (Lipinski definition) is 1. The van der Waals surface area contributed by atoms with E-state index in [2.05, 4.69) is 41.0 Å². The van der Waals surface area contributed by atoms with Gasteiger partial charge in [-0.3, -0.25) is 0 Å². The van der Waals surface area contributed by atoms with Crippen molar-refractivity contribution in [1.29, 1.82) is 0 Å². The van der Waals surface area contributed by atoms with E-state index in [4.69, 9.17) is 4.74 Å². The molecule has 1 aromatic heterocycles. The van der Waals surface area contributed by atoms with E-state index in [1.54, 1.807) is 6.33 Å². The summed E-state index contributed by atoms with van der Waals surface area (Å²) in [7, 11) is 0. The number of nitrogens with zero attached hydrogens (tertiary/aromatic N) is 3. The summed E-state index contributed by atoms with van der Waals surface area (Å²) in [6, 6.07) is 0.336. The minimum atomic E-state index is 0.336. The quantitative estimate of drug-likeness (QED) is 0.782. The molecule has 0 amide bonds. The molecular weight excluding hydrogens is 240 g/mol. The van der Waals surface area contributed by atoms with Crippen LogP contribution in [0.1, 0.15) is 33.3 Å². The summed E-state index contributed by atoms with van der Waals surface area (Å²) in [4.78, 5) is 10.8. The van der Waals surface area contributed by atoms with Crippen molar-refractivity contribution in [3.05, 3.63) is 11.9 Å². The molecular formula is C14H26N4O. The molecule has 1 unspecified atom stereocenters. The van der Waals surface area contributed by atoms with Gasteiger partial charge in [0, 0.05) is 12.6 Å². The number of ether oxygens (including phenoxy) is 1. The molecule has 0 aliphatic carbocycles. The first-order valence-corrected chi connectivity index (χ1v) is 7.05. The van der Waals surface area contributed by atoms with Gasteiger partial charge in [0.05, 0.1) is 12.2 Å². The number of anilines is 1. The van der Waals surface area contributed by atoms with E-state index in [0.29, 0.717) is 18.5 Å². The lowest BCUT2D eigenvalue weighted by Crippen LogP contribution is -2.35. The van der Waals surface area contributed by atoms with Crippen LogP contribution in [0.4, 0.5) is 5.82 Å². The van der Waals surface area contributed by atoms with Crippen molar-refractivity contribution in [3.63, 3.8) is 0 Å². The average Bonchev–Trinajstić information content (AvgIpc) is 2.41. The minimum Gasteiger partial charge on any atom is -0.478 e. The van der Waals surface area contributed by atoms with E-state index < -0.39 is 0 Å². The molecule has 19 heavy (non-hydrogen) atoms. The van der Waals surface area contributed by atoms with Gasteiger partial charge in [-0.1, -0.05) is 13.8 Å². The fraction of sp³-hybridized carbons (Fsp3) is 0.714. The third-order valence-electron chi connectivity index (χ3n) is 3.13. The van der Waals surface area contributed by atoms with Crippen LogP contribution in [-0.4, -0.2) is 47.2 Å². The molecule has 0 radical (unpaired) electrons. The van der Waals surface area contributed by atoms with Gasteiger partial charge in [-0.25, -0.2) is 9.97 Å². The molecule has 0 aliphatic heterocycles. The third kappa shape index (κ3) is 4.67. The molecule has 0 saturated heterocycles. The Morgan fingerprint density at radius 1 is 1.26 bits per heavy atom. The van der Waals surface area contributed by atoms with Gasteiger partial charge < -0.3 is 15.0 Å². The third-order valence-corrected chi connectivity index (χ3v) is 3.13. The molecule has 0 aliphatic rings. The molecule has 1 atom stereocenters. The van der Waals surface area contributed by atoms with Crippen molar-refractivity contribution < 1.29 is 4.74 Å². The second kappa shape index (κ2) is 7.94. The summed E-state index contributed by atoms with van der Waals surface area (Å²) in [6.07, 6.45) is 1.55. The van der Waals surface area contributed by atoms with E-state index in [9.17, 15) is 0 Å². The van der Waals surface area contributed by atoms with Crippen LogP contribution in [-0.2, 0) is 0 Å². The molecule has 5 nitrogen and oxygen atoms in total. The molecule has 0 fully saturated rings. The first-order valence-electron chi connectivity index (χ1n) is 7.05. The zero-order valence-corrected chi connectivity index (χ0v) is 12.7. The standard InChI is InChI=1S/C14H26N4O/c1-6-18(7-2)9-11(4)17-13-12(5)14(19-8-3)16-10-15-13/h10-11H,6-9H2,1-5H3,(H,15,16,17). The van der Waals surface area contributed by atoms with Crippen molar-refractivity contribution in [2.75, 3.05) is 31.6 Å². The van der Waals surface area contributed by atoms with Crippen molar-refractivity contribution in [2.45, 2.75) is 40.7 Å². The fourth-order valence-electron chi connectivity index (χ4n) is 2.01. The highest BCUT2D eigenvalue weighted by atomic mass is 16.5. The second-order valence-corrected chi connectivity index (χ2v) is 4.62. The summed E-state index contributed by atoms with van der Waals surface area (Å²) in [5.41, 5.74) is 0.968. The molecule has 0 spiro atoms. The van der Waals surface area contributed by atoms with Crippen LogP contribution in [0.2, 0.25) is 0 Å². The molecule has 1 N–H and O–H groups in total. The summed E-state index contributed by atoms with van der Waals surface area (Å²) >= 11 is 0. The predicted molar refractivity (Wildman–Crippen MR) is 78.8 cm³/mol. The van der Waals surface area contributed by atoms with Gasteiger partial charge in [-0.2, -0.15) is 0 Å². The SMILES string of the molecule is CCOc1ncnc(NC(C)CN(CC)CC)c1C. The molecule has 1 aromatic rings. The van der Waals surface area contributed by atoms with Crippen LogP contribution in [0.15, 0.2) is 6.33 Å². The first kappa shape index (κ1) is 15.7. The van der Waals surface area contributed by atoms with E-state index in [1.807, 2.05) is 13.8 Å². The predicted octanol–water partition coefficient (Wildman–Crippen LogP) is 2.33. The van der Waals surface area contributed by atoms with Gasteiger partial charge in [0.2, 0.25) is 5.88 Å². The smallest absolute Gasteiger partial charge is 0.221 e. The zero-order valence-electron chi connectivity index (χ0n) is 12.7. The minimum absolute atomic E-state index is 0.336. The maximum atomic E-state index is 5.48. The van der Waals surface area contributed by atoms with Crippen LogP contribution in [0, 0.1) is 6.92 Å². The Balaban J connectivity index is 2.68. The highest BCUT2D eigenvalue weighted by Crippen LogP contribution is 2.20. The Kier molecular flexibility index (Phi) is 6.56. The molecule has 1 rings (SSSR count). The van der Waals surface area contributed by atoms with Gasteiger partial charge in [-0.05, 0) is 33.9 Å². The molecule has 1 heterocycles. The average molecular weight is 266 g/mol. The lowest BCUT2D eigenvalue weighted by molar-refractivity contribution is 0.294. The van der Waals surface area contributed by atoms with Gasteiger partial charge >= 0.3 is 0 Å². The van der Waals surface area contributed by atoms with Crippen molar-refractivity contribution in [1.82, 2.24) is 14.9 Å². The maximum absolute atomic E-state index is 5.48. The number of nitrogens with one attached hydrogen (secondary N) is 1. The second-order valence-electron chi connectivity index (χ2n) is 4.62. The van der Waals surface area contributed by atoms with Gasteiger partial charge in [-0.15, -0.1) is 0 Å². The number of rotatable bonds is 8. The van der Waals surface area contributed by atoms with Gasteiger partial charge in [0.1, 0.15) is 12.1 Å². The van der Waals surface area contributed by atoms with E-state index in [1.165, 1.54) is 0 Å². The van der Waals surface area contributed by atoms with E-state index >= 15 is 0 Å². The Bertz CT molecular complexity index is 380. The van der Waals surface area contributed by atoms with Crippen molar-refractivity contribution >= 4 is 5.82 Å². The van der Waals surface area contributed by atoms with Crippen LogP contribution >= 0.6 is 0 Å². The molecule has 5 heteroatoms. The first-order chi connectivity index (χ1) is 9.12. The fourth-order valence-corrected chi connectivity index (χ4v) is 2.01. The zero-order chi connectivity index (χ0) is 14.3. The number of likely N-dealkylation sites (N-methyl/N-ethyl adjacent to an activating group) is 1. The molecule has 0 aromatic carbocycles. The Hall–Kier alpha value is -1.36. The highest BCUT2D eigenvalue weighted by Gasteiger charge is 2.12. The largest absolute Gasteiger partial charge is 0.478 e. The van der Waals surface area contributed by atoms with Crippen LogP contribution in [0.3, 0.4) is 0 Å². The van der Waals surface area contributed by atoms with Gasteiger partial charge in [0.15, 0.2) is 0 Å². The highest BCUT2D eigenvalue weighted by molar-refractivity contribution is 5.48. The lowest BCUT2D eigenvalue weighted by atomic mass is 10.2. The topological polar surface area (TPSA) is 50.3 Å². The number of aromatic nitrogens is 2. The summed E-state index contributed by atoms with van der Waals surface area (Å²) in [6.45, 7) is 14.2. The Labute approximate surface area is 116 Å². The maximum Gasteiger partial charge on any atom is 0.221 e. The molecule has 108 valence electrons. The van der Waals surface area contributed by atoms with Crippen molar-refractivity contribution in [2.24, 2.45) is 0 Å². The monoisotopic (exact) mass is 266 g/mol. The Morgan fingerprint density at radius 2 is 1.95 bits per heavy atom. The van der Waals surface area contributed by atoms with Gasteiger partial charge in [0.25, 0.3) is 0 Å². The summed E-state index contributed by atoms with van der Waals surface area (Å²) in [5, 5.41) is 3.44. The Morgan fingerprint density at radius 3 is 2.53 bits per heavy atom. The van der Waals surface area contributed by atoms with Crippen molar-refractivity contribution in [3.8, 4) is 5.88 Å². The van der Waals surface area contributed by atoms with Crippen LogP contribution in [0.5, 0.6) is 5.88 Å². The summed E-state index contributed by atoms with van der Waals surface area (Å²) in [5.74, 6) is 1.52. The molecule has 0 saturated carbocycles. The molecule has 0 bridgehead atoms.